The van der Waals surface area contributed by atoms with Gasteiger partial charge in [0.15, 0.2) is 0 Å². The minimum Gasteiger partial charge on any atom is -0.467 e. The van der Waals surface area contributed by atoms with Crippen LogP contribution >= 0.6 is 11.6 Å². The van der Waals surface area contributed by atoms with Crippen molar-refractivity contribution in [3.63, 3.8) is 0 Å². The standard InChI is InChI=1S/C13H15ClN2O4S/c14-12-4-6-15-9-13(12)21(17,18)16-5-2-7-19-10-11-3-1-8-20-11/h1,3-4,6,8-9,16H,2,5,7,10H2. The Morgan fingerprint density at radius 3 is 2.95 bits per heavy atom. The third-order valence-electron chi connectivity index (χ3n) is 2.61. The van der Waals surface area contributed by atoms with E-state index < -0.39 is 10.0 Å². The van der Waals surface area contributed by atoms with E-state index in [2.05, 4.69) is 9.71 Å². The van der Waals surface area contributed by atoms with Crippen molar-refractivity contribution in [2.24, 2.45) is 0 Å². The van der Waals surface area contributed by atoms with E-state index in [9.17, 15) is 8.42 Å². The summed E-state index contributed by atoms with van der Waals surface area (Å²) in [6.07, 6.45) is 4.77. The van der Waals surface area contributed by atoms with Crippen LogP contribution < -0.4 is 4.72 Å². The molecule has 114 valence electrons. The zero-order chi connectivity index (χ0) is 15.1. The van der Waals surface area contributed by atoms with Gasteiger partial charge >= 0.3 is 0 Å². The minimum atomic E-state index is -3.64. The Labute approximate surface area is 128 Å². The number of rotatable bonds is 8. The molecule has 8 heteroatoms. The average Bonchev–Trinajstić information content (AvgIpc) is 2.96. The van der Waals surface area contributed by atoms with Crippen LogP contribution in [-0.4, -0.2) is 26.6 Å². The number of aromatic nitrogens is 1. The highest BCUT2D eigenvalue weighted by Crippen LogP contribution is 2.18. The molecule has 0 aliphatic carbocycles. The monoisotopic (exact) mass is 330 g/mol. The van der Waals surface area contributed by atoms with Crippen molar-refractivity contribution in [3.05, 3.63) is 47.6 Å². The number of hydrogen-bond donors (Lipinski definition) is 1. The van der Waals surface area contributed by atoms with Crippen LogP contribution in [0.2, 0.25) is 5.02 Å². The van der Waals surface area contributed by atoms with Crippen molar-refractivity contribution in [3.8, 4) is 0 Å². The molecule has 0 bridgehead atoms. The molecule has 0 radical (unpaired) electrons. The second-order valence-electron chi connectivity index (χ2n) is 4.19. The molecule has 21 heavy (non-hydrogen) atoms. The molecule has 2 aromatic heterocycles. The highest BCUT2D eigenvalue weighted by Gasteiger charge is 2.17. The molecule has 2 aromatic rings. The van der Waals surface area contributed by atoms with Gasteiger partial charge in [0.2, 0.25) is 10.0 Å². The van der Waals surface area contributed by atoms with E-state index in [1.807, 2.05) is 6.07 Å². The van der Waals surface area contributed by atoms with Crippen LogP contribution in [0, 0.1) is 0 Å². The lowest BCUT2D eigenvalue weighted by Crippen LogP contribution is -2.26. The Kier molecular flexibility index (Phi) is 5.75. The minimum absolute atomic E-state index is 0.0248. The molecule has 0 aliphatic heterocycles. The molecule has 0 fully saturated rings. The van der Waals surface area contributed by atoms with Crippen LogP contribution in [0.3, 0.4) is 0 Å². The summed E-state index contributed by atoms with van der Waals surface area (Å²) >= 11 is 5.83. The Morgan fingerprint density at radius 2 is 2.24 bits per heavy atom. The first-order valence-corrected chi connectivity index (χ1v) is 8.15. The normalized spacial score (nSPS) is 11.7. The summed E-state index contributed by atoms with van der Waals surface area (Å²) in [5.74, 6) is 0.734. The van der Waals surface area contributed by atoms with Crippen molar-refractivity contribution < 1.29 is 17.6 Å². The number of hydrogen-bond acceptors (Lipinski definition) is 5. The van der Waals surface area contributed by atoms with Crippen LogP contribution in [0.1, 0.15) is 12.2 Å². The van der Waals surface area contributed by atoms with Crippen molar-refractivity contribution in [1.82, 2.24) is 9.71 Å². The number of furan rings is 1. The summed E-state index contributed by atoms with van der Waals surface area (Å²) < 4.78 is 36.9. The first-order chi connectivity index (χ1) is 10.1. The van der Waals surface area contributed by atoms with E-state index in [1.165, 1.54) is 18.5 Å². The number of ether oxygens (including phenoxy) is 1. The number of sulfonamides is 1. The third kappa shape index (κ3) is 4.82. The molecular weight excluding hydrogens is 316 g/mol. The van der Waals surface area contributed by atoms with Crippen LogP contribution in [-0.2, 0) is 21.4 Å². The van der Waals surface area contributed by atoms with Gasteiger partial charge in [0.25, 0.3) is 0 Å². The molecule has 0 spiro atoms. The van der Waals surface area contributed by atoms with E-state index >= 15 is 0 Å². The maximum Gasteiger partial charge on any atom is 0.243 e. The molecule has 0 saturated heterocycles. The summed E-state index contributed by atoms with van der Waals surface area (Å²) in [4.78, 5) is 3.73. The third-order valence-corrected chi connectivity index (χ3v) is 4.54. The summed E-state index contributed by atoms with van der Waals surface area (Å²) in [5, 5.41) is 0.145. The van der Waals surface area contributed by atoms with Crippen molar-refractivity contribution in [2.75, 3.05) is 13.2 Å². The topological polar surface area (TPSA) is 81.4 Å². The predicted molar refractivity (Wildman–Crippen MR) is 77.4 cm³/mol. The molecule has 0 amide bonds. The molecular formula is C13H15ClN2O4S. The van der Waals surface area contributed by atoms with Crippen molar-refractivity contribution in [2.45, 2.75) is 17.9 Å². The lowest BCUT2D eigenvalue weighted by atomic mass is 10.4. The highest BCUT2D eigenvalue weighted by molar-refractivity contribution is 7.89. The van der Waals surface area contributed by atoms with Gasteiger partial charge in [-0.1, -0.05) is 11.6 Å². The van der Waals surface area contributed by atoms with Crippen LogP contribution in [0.15, 0.2) is 46.2 Å². The fraction of sp³-hybridized carbons (Fsp3) is 0.308. The SMILES string of the molecule is O=S(=O)(NCCCOCc1ccco1)c1cnccc1Cl. The second-order valence-corrected chi connectivity index (χ2v) is 6.33. The lowest BCUT2D eigenvalue weighted by molar-refractivity contribution is 0.105. The van der Waals surface area contributed by atoms with Crippen molar-refractivity contribution >= 4 is 21.6 Å². The number of nitrogens with one attached hydrogen (secondary N) is 1. The maximum absolute atomic E-state index is 12.0. The van der Waals surface area contributed by atoms with E-state index in [4.69, 9.17) is 20.8 Å². The molecule has 6 nitrogen and oxygen atoms in total. The fourth-order valence-electron chi connectivity index (χ4n) is 1.59. The van der Waals surface area contributed by atoms with Gasteiger partial charge in [-0.25, -0.2) is 13.1 Å². The first-order valence-electron chi connectivity index (χ1n) is 6.29. The van der Waals surface area contributed by atoms with Gasteiger partial charge in [-0.15, -0.1) is 0 Å². The van der Waals surface area contributed by atoms with Crippen molar-refractivity contribution in [1.29, 1.82) is 0 Å². The smallest absolute Gasteiger partial charge is 0.243 e. The number of halogens is 1. The summed E-state index contributed by atoms with van der Waals surface area (Å²) in [6.45, 7) is 1.05. The zero-order valence-corrected chi connectivity index (χ0v) is 12.7. The van der Waals surface area contributed by atoms with E-state index in [0.29, 0.717) is 19.6 Å². The zero-order valence-electron chi connectivity index (χ0n) is 11.2. The molecule has 0 atom stereocenters. The van der Waals surface area contributed by atoms with Gasteiger partial charge in [-0.05, 0) is 24.6 Å². The predicted octanol–water partition coefficient (Wildman–Crippen LogP) is 2.21. The Morgan fingerprint density at radius 1 is 1.38 bits per heavy atom. The lowest BCUT2D eigenvalue weighted by Gasteiger charge is -2.07. The Balaban J connectivity index is 1.72. The largest absolute Gasteiger partial charge is 0.467 e. The van der Waals surface area contributed by atoms with Gasteiger partial charge in [0.1, 0.15) is 17.3 Å². The summed E-state index contributed by atoms with van der Waals surface area (Å²) in [7, 11) is -3.64. The van der Waals surface area contributed by atoms with Gasteiger partial charge in [-0.3, -0.25) is 4.98 Å². The summed E-state index contributed by atoms with van der Waals surface area (Å²) in [6, 6.07) is 5.03. The van der Waals surface area contributed by atoms with Gasteiger partial charge in [0.05, 0.1) is 11.3 Å². The average molecular weight is 331 g/mol. The molecule has 1 N–H and O–H groups in total. The Hall–Kier alpha value is -1.41. The molecule has 0 aromatic carbocycles. The quantitative estimate of drug-likeness (QED) is 0.750. The summed E-state index contributed by atoms with van der Waals surface area (Å²) in [5.41, 5.74) is 0. The maximum atomic E-state index is 12.0. The molecule has 2 heterocycles. The van der Waals surface area contributed by atoms with Crippen LogP contribution in [0.4, 0.5) is 0 Å². The molecule has 0 unspecified atom stereocenters. The molecule has 2 rings (SSSR count). The van der Waals surface area contributed by atoms with Crippen LogP contribution in [0.25, 0.3) is 0 Å². The number of pyridine rings is 1. The Bertz CT molecular complexity index is 659. The van der Waals surface area contributed by atoms with E-state index in [1.54, 1.807) is 12.3 Å². The molecule has 0 aliphatic rings. The fourth-order valence-corrected chi connectivity index (χ4v) is 3.09. The van der Waals surface area contributed by atoms with Gasteiger partial charge < -0.3 is 9.15 Å². The first kappa shape index (κ1) is 16.0. The second kappa shape index (κ2) is 7.56. The number of nitrogens with zero attached hydrogens (tertiary/aromatic N) is 1. The van der Waals surface area contributed by atoms with Crippen LogP contribution in [0.5, 0.6) is 0 Å². The van der Waals surface area contributed by atoms with Gasteiger partial charge in [0, 0.05) is 25.5 Å². The van der Waals surface area contributed by atoms with E-state index in [0.717, 1.165) is 5.76 Å². The highest BCUT2D eigenvalue weighted by atomic mass is 35.5. The van der Waals surface area contributed by atoms with Gasteiger partial charge in [-0.2, -0.15) is 0 Å². The molecule has 0 saturated carbocycles. The van der Waals surface area contributed by atoms with E-state index in [-0.39, 0.29) is 16.5 Å².